The molecule has 2 rings (SSSR count). The quantitative estimate of drug-likeness (QED) is 0.920. The van der Waals surface area contributed by atoms with Crippen molar-refractivity contribution in [2.45, 2.75) is 33.8 Å². The van der Waals surface area contributed by atoms with Crippen molar-refractivity contribution in [2.75, 3.05) is 5.32 Å². The van der Waals surface area contributed by atoms with Crippen LogP contribution >= 0.6 is 0 Å². The third kappa shape index (κ3) is 3.63. The average molecular weight is 283 g/mol. The lowest BCUT2D eigenvalue weighted by Gasteiger charge is -2.17. The molecule has 21 heavy (non-hydrogen) atoms. The van der Waals surface area contributed by atoms with Gasteiger partial charge in [0.2, 0.25) is 0 Å². The molecule has 3 nitrogen and oxygen atoms in total. The van der Waals surface area contributed by atoms with Gasteiger partial charge in [-0.25, -0.2) is 0 Å². The lowest BCUT2D eigenvalue weighted by molar-refractivity contribution is -0.122. The standard InChI is InChI=1S/C18H21NO2/c1-12-9-7-11-17(14(12)3)21-15(4)18(20)19-16-10-6-5-8-13(16)2/h5-11,15H,1-4H3,(H,19,20)/t15-/m0/s1. The van der Waals surface area contributed by atoms with Crippen LogP contribution in [0.3, 0.4) is 0 Å². The number of ether oxygens (including phenoxy) is 1. The van der Waals surface area contributed by atoms with Gasteiger partial charge in [0.25, 0.3) is 5.91 Å². The molecule has 0 spiro atoms. The number of rotatable bonds is 4. The summed E-state index contributed by atoms with van der Waals surface area (Å²) in [6.07, 6.45) is -0.551. The summed E-state index contributed by atoms with van der Waals surface area (Å²) < 4.78 is 5.79. The first kappa shape index (κ1) is 15.1. The summed E-state index contributed by atoms with van der Waals surface area (Å²) in [5, 5.41) is 2.90. The normalized spacial score (nSPS) is 11.8. The van der Waals surface area contributed by atoms with Gasteiger partial charge in [-0.05, 0) is 56.5 Å². The van der Waals surface area contributed by atoms with Gasteiger partial charge in [-0.1, -0.05) is 30.3 Å². The Kier molecular flexibility index (Phi) is 4.63. The van der Waals surface area contributed by atoms with Crippen molar-refractivity contribution < 1.29 is 9.53 Å². The van der Waals surface area contributed by atoms with Gasteiger partial charge in [0.1, 0.15) is 5.75 Å². The average Bonchev–Trinajstić information content (AvgIpc) is 2.46. The van der Waals surface area contributed by atoms with Crippen molar-refractivity contribution in [1.29, 1.82) is 0 Å². The number of nitrogens with one attached hydrogen (secondary N) is 1. The molecule has 0 aliphatic rings. The summed E-state index contributed by atoms with van der Waals surface area (Å²) in [5.74, 6) is 0.604. The minimum absolute atomic E-state index is 0.148. The van der Waals surface area contributed by atoms with Crippen LogP contribution in [-0.4, -0.2) is 12.0 Å². The SMILES string of the molecule is Cc1ccccc1NC(=O)[C@H](C)Oc1cccc(C)c1C. The van der Waals surface area contributed by atoms with Crippen molar-refractivity contribution in [2.24, 2.45) is 0 Å². The molecule has 1 N–H and O–H groups in total. The molecule has 3 heteroatoms. The van der Waals surface area contributed by atoms with Gasteiger partial charge in [-0.2, -0.15) is 0 Å². The Morgan fingerprint density at radius 3 is 2.38 bits per heavy atom. The number of para-hydroxylation sites is 1. The van der Waals surface area contributed by atoms with Crippen LogP contribution in [0, 0.1) is 20.8 Å². The monoisotopic (exact) mass is 283 g/mol. The predicted molar refractivity (Wildman–Crippen MR) is 85.8 cm³/mol. The molecule has 0 aliphatic carbocycles. The molecule has 0 fully saturated rings. The Bertz CT molecular complexity index is 649. The number of hydrogen-bond donors (Lipinski definition) is 1. The number of anilines is 1. The first-order valence-corrected chi connectivity index (χ1v) is 7.08. The first-order valence-electron chi connectivity index (χ1n) is 7.08. The van der Waals surface area contributed by atoms with Crippen molar-refractivity contribution in [3.05, 3.63) is 59.2 Å². The van der Waals surface area contributed by atoms with E-state index in [2.05, 4.69) is 5.32 Å². The lowest BCUT2D eigenvalue weighted by atomic mass is 10.1. The highest BCUT2D eigenvalue weighted by molar-refractivity contribution is 5.94. The molecular weight excluding hydrogens is 262 g/mol. The van der Waals surface area contributed by atoms with Crippen molar-refractivity contribution in [3.63, 3.8) is 0 Å². The predicted octanol–water partition coefficient (Wildman–Crippen LogP) is 4.02. The summed E-state index contributed by atoms with van der Waals surface area (Å²) in [5.41, 5.74) is 4.07. The zero-order chi connectivity index (χ0) is 15.4. The van der Waals surface area contributed by atoms with E-state index < -0.39 is 6.10 Å². The maximum atomic E-state index is 12.2. The van der Waals surface area contributed by atoms with Crippen molar-refractivity contribution in [1.82, 2.24) is 0 Å². The van der Waals surface area contributed by atoms with E-state index in [1.807, 2.05) is 63.2 Å². The Morgan fingerprint density at radius 1 is 1.00 bits per heavy atom. The summed E-state index contributed by atoms with van der Waals surface area (Å²) in [6, 6.07) is 13.5. The van der Waals surface area contributed by atoms with E-state index >= 15 is 0 Å². The number of hydrogen-bond acceptors (Lipinski definition) is 2. The van der Waals surface area contributed by atoms with Gasteiger partial charge in [0.15, 0.2) is 6.10 Å². The molecule has 2 aromatic rings. The van der Waals surface area contributed by atoms with Gasteiger partial charge in [0, 0.05) is 5.69 Å². The molecule has 1 amide bonds. The van der Waals surface area contributed by atoms with Crippen LogP contribution in [0.15, 0.2) is 42.5 Å². The van der Waals surface area contributed by atoms with Gasteiger partial charge in [-0.3, -0.25) is 4.79 Å². The fourth-order valence-corrected chi connectivity index (χ4v) is 2.04. The molecule has 1 atom stereocenters. The highest BCUT2D eigenvalue weighted by atomic mass is 16.5. The number of aryl methyl sites for hydroxylation is 2. The second-order valence-corrected chi connectivity index (χ2v) is 5.26. The van der Waals surface area contributed by atoms with Crippen LogP contribution < -0.4 is 10.1 Å². The molecule has 0 heterocycles. The zero-order valence-electron chi connectivity index (χ0n) is 12.9. The molecular formula is C18H21NO2. The molecule has 0 aromatic heterocycles. The smallest absolute Gasteiger partial charge is 0.265 e. The molecule has 0 unspecified atom stereocenters. The number of carbonyl (C=O) groups excluding carboxylic acids is 1. The van der Waals surface area contributed by atoms with Gasteiger partial charge in [-0.15, -0.1) is 0 Å². The maximum absolute atomic E-state index is 12.2. The lowest BCUT2D eigenvalue weighted by Crippen LogP contribution is -2.30. The van der Waals surface area contributed by atoms with Crippen LogP contribution in [0.5, 0.6) is 5.75 Å². The molecule has 0 aliphatic heterocycles. The minimum Gasteiger partial charge on any atom is -0.481 e. The summed E-state index contributed by atoms with van der Waals surface area (Å²) in [4.78, 5) is 12.2. The van der Waals surface area contributed by atoms with E-state index in [4.69, 9.17) is 4.74 Å². The molecule has 0 saturated carbocycles. The Hall–Kier alpha value is -2.29. The van der Waals surface area contributed by atoms with Gasteiger partial charge >= 0.3 is 0 Å². The second-order valence-electron chi connectivity index (χ2n) is 5.26. The largest absolute Gasteiger partial charge is 0.481 e. The Labute approximate surface area is 126 Å². The van der Waals surface area contributed by atoms with E-state index in [1.165, 1.54) is 0 Å². The zero-order valence-corrected chi connectivity index (χ0v) is 12.9. The Morgan fingerprint density at radius 2 is 1.67 bits per heavy atom. The van der Waals surface area contributed by atoms with E-state index in [9.17, 15) is 4.79 Å². The highest BCUT2D eigenvalue weighted by Gasteiger charge is 2.16. The third-order valence-corrected chi connectivity index (χ3v) is 3.63. The number of benzene rings is 2. The topological polar surface area (TPSA) is 38.3 Å². The summed E-state index contributed by atoms with van der Waals surface area (Å²) in [6.45, 7) is 7.75. The molecule has 0 saturated heterocycles. The van der Waals surface area contributed by atoms with Crippen LogP contribution in [0.25, 0.3) is 0 Å². The fraction of sp³-hybridized carbons (Fsp3) is 0.278. The number of carbonyl (C=O) groups is 1. The summed E-state index contributed by atoms with van der Waals surface area (Å²) in [7, 11) is 0. The Balaban J connectivity index is 2.06. The van der Waals surface area contributed by atoms with E-state index in [-0.39, 0.29) is 5.91 Å². The second kappa shape index (κ2) is 6.44. The molecule has 2 aromatic carbocycles. The van der Waals surface area contributed by atoms with Gasteiger partial charge < -0.3 is 10.1 Å². The summed E-state index contributed by atoms with van der Waals surface area (Å²) >= 11 is 0. The van der Waals surface area contributed by atoms with Crippen LogP contribution in [0.1, 0.15) is 23.6 Å². The van der Waals surface area contributed by atoms with E-state index in [0.29, 0.717) is 0 Å². The van der Waals surface area contributed by atoms with Gasteiger partial charge in [0.05, 0.1) is 0 Å². The van der Waals surface area contributed by atoms with Crippen molar-refractivity contribution in [3.8, 4) is 5.75 Å². The first-order chi connectivity index (χ1) is 9.99. The van der Waals surface area contributed by atoms with Crippen LogP contribution in [0.2, 0.25) is 0 Å². The molecule has 0 radical (unpaired) electrons. The minimum atomic E-state index is -0.551. The highest BCUT2D eigenvalue weighted by Crippen LogP contribution is 2.22. The maximum Gasteiger partial charge on any atom is 0.265 e. The van der Waals surface area contributed by atoms with E-state index in [1.54, 1.807) is 6.92 Å². The third-order valence-electron chi connectivity index (χ3n) is 3.63. The number of amides is 1. The molecule has 0 bridgehead atoms. The fourth-order valence-electron chi connectivity index (χ4n) is 2.04. The van der Waals surface area contributed by atoms with Crippen molar-refractivity contribution >= 4 is 11.6 Å². The van der Waals surface area contributed by atoms with E-state index in [0.717, 1.165) is 28.1 Å². The van der Waals surface area contributed by atoms with Crippen LogP contribution in [-0.2, 0) is 4.79 Å². The van der Waals surface area contributed by atoms with Crippen LogP contribution in [0.4, 0.5) is 5.69 Å². The molecule has 110 valence electrons.